The minimum atomic E-state index is -0.756. The van der Waals surface area contributed by atoms with Gasteiger partial charge < -0.3 is 20.7 Å². The van der Waals surface area contributed by atoms with E-state index in [1.165, 1.54) is 30.6 Å². The monoisotopic (exact) mass is 424 g/mol. The van der Waals surface area contributed by atoms with Crippen molar-refractivity contribution >= 4 is 34.7 Å². The van der Waals surface area contributed by atoms with Gasteiger partial charge in [-0.25, -0.2) is 0 Å². The Balaban J connectivity index is 1.70. The summed E-state index contributed by atoms with van der Waals surface area (Å²) >= 11 is 1.30. The first-order valence-electron chi connectivity index (χ1n) is 9.08. The maximum Gasteiger partial charge on any atom is 0.269 e. The van der Waals surface area contributed by atoms with E-state index in [0.29, 0.717) is 22.1 Å². The number of aromatic nitrogens is 1. The van der Waals surface area contributed by atoms with Crippen molar-refractivity contribution in [1.29, 1.82) is 0 Å². The van der Waals surface area contributed by atoms with E-state index in [4.69, 9.17) is 4.74 Å². The van der Waals surface area contributed by atoms with Crippen LogP contribution in [-0.4, -0.2) is 35.8 Å². The molecule has 2 heterocycles. The lowest BCUT2D eigenvalue weighted by Crippen LogP contribution is -2.41. The molecule has 2 aromatic heterocycles. The highest BCUT2D eigenvalue weighted by atomic mass is 32.1. The predicted octanol–water partition coefficient (Wildman–Crippen LogP) is 3.05. The molecular formula is C21H20N4O4S. The SMILES string of the molecule is CNC(=O)c1cc(Oc2ccccc2NC(=O)C(C)NC(=O)c2cccs2)ccn1. The van der Waals surface area contributed by atoms with Gasteiger partial charge in [0, 0.05) is 19.3 Å². The van der Waals surface area contributed by atoms with E-state index < -0.39 is 11.9 Å². The van der Waals surface area contributed by atoms with Crippen molar-refractivity contribution in [2.24, 2.45) is 0 Å². The smallest absolute Gasteiger partial charge is 0.269 e. The van der Waals surface area contributed by atoms with Gasteiger partial charge in [0.2, 0.25) is 5.91 Å². The van der Waals surface area contributed by atoms with Gasteiger partial charge in [-0.2, -0.15) is 0 Å². The quantitative estimate of drug-likeness (QED) is 0.540. The molecular weight excluding hydrogens is 404 g/mol. The van der Waals surface area contributed by atoms with E-state index in [1.54, 1.807) is 54.8 Å². The van der Waals surface area contributed by atoms with Crippen LogP contribution >= 0.6 is 11.3 Å². The van der Waals surface area contributed by atoms with Crippen LogP contribution in [0.1, 0.15) is 27.1 Å². The number of para-hydroxylation sites is 2. The number of hydrogen-bond acceptors (Lipinski definition) is 6. The number of carbonyl (C=O) groups excluding carboxylic acids is 3. The fraction of sp³-hybridized carbons (Fsp3) is 0.143. The number of carbonyl (C=O) groups is 3. The zero-order valence-corrected chi connectivity index (χ0v) is 17.2. The van der Waals surface area contributed by atoms with Gasteiger partial charge in [-0.3, -0.25) is 19.4 Å². The third-order valence-corrected chi connectivity index (χ3v) is 4.92. The number of ether oxygens (including phenoxy) is 1. The Morgan fingerprint density at radius 1 is 1.07 bits per heavy atom. The summed E-state index contributed by atoms with van der Waals surface area (Å²) in [5.41, 5.74) is 0.638. The summed E-state index contributed by atoms with van der Waals surface area (Å²) in [6.45, 7) is 1.60. The normalized spacial score (nSPS) is 11.3. The van der Waals surface area contributed by atoms with E-state index in [9.17, 15) is 14.4 Å². The molecule has 0 radical (unpaired) electrons. The molecule has 8 nitrogen and oxygen atoms in total. The number of nitrogens with one attached hydrogen (secondary N) is 3. The topological polar surface area (TPSA) is 109 Å². The van der Waals surface area contributed by atoms with Crippen molar-refractivity contribution in [2.75, 3.05) is 12.4 Å². The van der Waals surface area contributed by atoms with Gasteiger partial charge in [0.15, 0.2) is 5.75 Å². The van der Waals surface area contributed by atoms with Gasteiger partial charge >= 0.3 is 0 Å². The van der Waals surface area contributed by atoms with Crippen LogP contribution in [0.25, 0.3) is 0 Å². The Morgan fingerprint density at radius 3 is 2.60 bits per heavy atom. The predicted molar refractivity (Wildman–Crippen MR) is 114 cm³/mol. The van der Waals surface area contributed by atoms with Crippen LogP contribution in [0.15, 0.2) is 60.1 Å². The van der Waals surface area contributed by atoms with E-state index in [0.717, 1.165) is 0 Å². The van der Waals surface area contributed by atoms with Crippen molar-refractivity contribution in [1.82, 2.24) is 15.6 Å². The molecule has 3 rings (SSSR count). The highest BCUT2D eigenvalue weighted by molar-refractivity contribution is 7.12. The summed E-state index contributed by atoms with van der Waals surface area (Å²) in [7, 11) is 1.51. The molecule has 0 spiro atoms. The van der Waals surface area contributed by atoms with Crippen molar-refractivity contribution < 1.29 is 19.1 Å². The number of benzene rings is 1. The Hall–Kier alpha value is -3.72. The van der Waals surface area contributed by atoms with Gasteiger partial charge in [-0.15, -0.1) is 11.3 Å². The molecule has 30 heavy (non-hydrogen) atoms. The molecule has 0 saturated carbocycles. The number of anilines is 1. The second-order valence-corrected chi connectivity index (χ2v) is 7.16. The van der Waals surface area contributed by atoms with Crippen molar-refractivity contribution in [3.05, 3.63) is 70.7 Å². The molecule has 3 N–H and O–H groups in total. The fourth-order valence-electron chi connectivity index (χ4n) is 2.49. The van der Waals surface area contributed by atoms with Crippen LogP contribution in [0.2, 0.25) is 0 Å². The van der Waals surface area contributed by atoms with E-state index in [2.05, 4.69) is 20.9 Å². The van der Waals surface area contributed by atoms with Crippen LogP contribution in [-0.2, 0) is 4.79 Å². The summed E-state index contributed by atoms with van der Waals surface area (Å²) in [4.78, 5) is 41.0. The molecule has 9 heteroatoms. The largest absolute Gasteiger partial charge is 0.455 e. The van der Waals surface area contributed by atoms with Gasteiger partial charge in [0.25, 0.3) is 11.8 Å². The van der Waals surface area contributed by atoms with Crippen LogP contribution in [0.4, 0.5) is 5.69 Å². The molecule has 3 aromatic rings. The first-order valence-corrected chi connectivity index (χ1v) is 9.96. The number of rotatable bonds is 7. The fourth-order valence-corrected chi connectivity index (χ4v) is 3.12. The highest BCUT2D eigenvalue weighted by Gasteiger charge is 2.19. The molecule has 0 aliphatic rings. The van der Waals surface area contributed by atoms with Gasteiger partial charge in [-0.05, 0) is 36.6 Å². The summed E-state index contributed by atoms with van der Waals surface area (Å²) in [6, 6.07) is 12.7. The van der Waals surface area contributed by atoms with Crippen LogP contribution in [0, 0.1) is 0 Å². The molecule has 3 amide bonds. The Morgan fingerprint density at radius 2 is 1.87 bits per heavy atom. The van der Waals surface area contributed by atoms with Gasteiger partial charge in [0.1, 0.15) is 17.5 Å². The van der Waals surface area contributed by atoms with Crippen molar-refractivity contribution in [3.8, 4) is 11.5 Å². The minimum Gasteiger partial charge on any atom is -0.455 e. The lowest BCUT2D eigenvalue weighted by atomic mass is 10.2. The summed E-state index contributed by atoms with van der Waals surface area (Å²) in [5, 5.41) is 9.72. The maximum atomic E-state index is 12.6. The van der Waals surface area contributed by atoms with E-state index in [-0.39, 0.29) is 17.5 Å². The number of nitrogens with zero attached hydrogens (tertiary/aromatic N) is 1. The average molecular weight is 424 g/mol. The molecule has 154 valence electrons. The van der Waals surface area contributed by atoms with Crippen LogP contribution < -0.4 is 20.7 Å². The standard InChI is InChI=1S/C21H20N4O4S/c1-13(24-21(28)18-8-5-11-30-18)19(26)25-15-6-3-4-7-17(15)29-14-9-10-23-16(12-14)20(27)22-2/h3-13H,1-2H3,(H,22,27)(H,24,28)(H,25,26). The number of pyridine rings is 1. The zero-order chi connectivity index (χ0) is 21.5. The van der Waals surface area contributed by atoms with Crippen molar-refractivity contribution in [3.63, 3.8) is 0 Å². The number of hydrogen-bond donors (Lipinski definition) is 3. The Labute approximate surface area is 177 Å². The first kappa shape index (κ1) is 21.0. The van der Waals surface area contributed by atoms with E-state index >= 15 is 0 Å². The van der Waals surface area contributed by atoms with Gasteiger partial charge in [-0.1, -0.05) is 18.2 Å². The average Bonchev–Trinajstić information content (AvgIpc) is 3.30. The lowest BCUT2D eigenvalue weighted by molar-refractivity contribution is -0.117. The Bertz CT molecular complexity index is 1050. The molecule has 0 bridgehead atoms. The van der Waals surface area contributed by atoms with Crippen LogP contribution in [0.5, 0.6) is 11.5 Å². The Kier molecular flexibility index (Phi) is 6.76. The van der Waals surface area contributed by atoms with Crippen molar-refractivity contribution in [2.45, 2.75) is 13.0 Å². The maximum absolute atomic E-state index is 12.6. The minimum absolute atomic E-state index is 0.210. The highest BCUT2D eigenvalue weighted by Crippen LogP contribution is 2.29. The summed E-state index contributed by atoms with van der Waals surface area (Å²) in [6.07, 6.45) is 1.46. The second kappa shape index (κ2) is 9.66. The summed E-state index contributed by atoms with van der Waals surface area (Å²) in [5.74, 6) is -0.259. The summed E-state index contributed by atoms with van der Waals surface area (Å²) < 4.78 is 5.85. The lowest BCUT2D eigenvalue weighted by Gasteiger charge is -2.16. The van der Waals surface area contributed by atoms with Gasteiger partial charge in [0.05, 0.1) is 10.6 Å². The molecule has 1 atom stereocenters. The first-order chi connectivity index (χ1) is 14.5. The molecule has 0 aliphatic heterocycles. The number of amides is 3. The van der Waals surface area contributed by atoms with Crippen LogP contribution in [0.3, 0.4) is 0 Å². The molecule has 1 aromatic carbocycles. The number of thiophene rings is 1. The second-order valence-electron chi connectivity index (χ2n) is 6.22. The van der Waals surface area contributed by atoms with E-state index in [1.807, 2.05) is 0 Å². The third kappa shape index (κ3) is 5.21. The molecule has 0 saturated heterocycles. The zero-order valence-electron chi connectivity index (χ0n) is 16.3. The molecule has 1 unspecified atom stereocenters. The molecule has 0 aliphatic carbocycles. The molecule has 0 fully saturated rings. The third-order valence-electron chi connectivity index (χ3n) is 4.05.